The van der Waals surface area contributed by atoms with Gasteiger partial charge in [-0.15, -0.1) is 0 Å². The monoisotopic (exact) mass is 393 g/mol. The molecule has 2 aromatic rings. The molecule has 1 unspecified atom stereocenters. The second kappa shape index (κ2) is 10.6. The van der Waals surface area contributed by atoms with Gasteiger partial charge in [-0.25, -0.2) is 0 Å². The number of piperidine rings is 1. The molecule has 1 aliphatic rings. The van der Waals surface area contributed by atoms with Crippen LogP contribution in [0.25, 0.3) is 0 Å². The minimum atomic E-state index is -0.984. The van der Waals surface area contributed by atoms with Crippen molar-refractivity contribution in [3.05, 3.63) is 71.8 Å². The molecule has 4 nitrogen and oxygen atoms in total. The minimum absolute atomic E-state index is 0.106. The summed E-state index contributed by atoms with van der Waals surface area (Å²) in [5.74, 6) is 0.707. The molecule has 1 aliphatic heterocycles. The summed E-state index contributed by atoms with van der Waals surface area (Å²) in [5.41, 5.74) is 7.58. The molecule has 1 heterocycles. The van der Waals surface area contributed by atoms with Crippen LogP contribution in [0.15, 0.2) is 60.7 Å². The van der Waals surface area contributed by atoms with Crippen LogP contribution in [0.4, 0.5) is 0 Å². The number of carbonyl (C=O) groups is 1. The maximum absolute atomic E-state index is 12.5. The molecule has 1 amide bonds. The highest BCUT2D eigenvalue weighted by molar-refractivity contribution is 5.86. The molecule has 0 aliphatic carbocycles. The van der Waals surface area contributed by atoms with E-state index in [1.165, 1.54) is 37.9 Å². The van der Waals surface area contributed by atoms with Gasteiger partial charge < -0.3 is 16.0 Å². The van der Waals surface area contributed by atoms with E-state index < -0.39 is 5.54 Å². The lowest BCUT2D eigenvalue weighted by molar-refractivity contribution is -0.126. The van der Waals surface area contributed by atoms with Gasteiger partial charge in [0, 0.05) is 6.54 Å². The highest BCUT2D eigenvalue weighted by Gasteiger charge is 2.29. The Morgan fingerprint density at radius 2 is 1.66 bits per heavy atom. The molecule has 29 heavy (non-hydrogen) atoms. The summed E-state index contributed by atoms with van der Waals surface area (Å²) in [4.78, 5) is 15.0. The van der Waals surface area contributed by atoms with Crippen molar-refractivity contribution in [3.63, 3.8) is 0 Å². The molecule has 4 heteroatoms. The highest BCUT2D eigenvalue weighted by atomic mass is 16.2. The first kappa shape index (κ1) is 21.5. The smallest absolute Gasteiger partial charge is 0.244 e. The quantitative estimate of drug-likeness (QED) is 0.639. The third-order valence-corrected chi connectivity index (χ3v) is 6.11. The van der Waals surface area contributed by atoms with Crippen LogP contribution < -0.4 is 11.1 Å². The summed E-state index contributed by atoms with van der Waals surface area (Å²) in [6.07, 6.45) is 5.87. The van der Waals surface area contributed by atoms with E-state index in [-0.39, 0.29) is 5.91 Å². The van der Waals surface area contributed by atoms with E-state index in [4.69, 9.17) is 5.73 Å². The zero-order chi connectivity index (χ0) is 20.5. The van der Waals surface area contributed by atoms with E-state index in [2.05, 4.69) is 40.5 Å². The summed E-state index contributed by atoms with van der Waals surface area (Å²) in [6.45, 7) is 5.96. The molecule has 1 saturated heterocycles. The topological polar surface area (TPSA) is 58.4 Å². The number of nitrogens with zero attached hydrogens (tertiary/aromatic N) is 1. The van der Waals surface area contributed by atoms with Gasteiger partial charge in [0.15, 0.2) is 0 Å². The van der Waals surface area contributed by atoms with Crippen molar-refractivity contribution in [2.45, 2.75) is 44.6 Å². The van der Waals surface area contributed by atoms with Crippen LogP contribution >= 0.6 is 0 Å². The van der Waals surface area contributed by atoms with Gasteiger partial charge in [0.05, 0.1) is 0 Å². The van der Waals surface area contributed by atoms with E-state index in [1.54, 1.807) is 6.92 Å². The zero-order valence-corrected chi connectivity index (χ0v) is 17.6. The number of carbonyl (C=O) groups excluding carboxylic acids is 1. The van der Waals surface area contributed by atoms with Crippen LogP contribution in [-0.4, -0.2) is 37.0 Å². The van der Waals surface area contributed by atoms with Gasteiger partial charge in [-0.1, -0.05) is 60.7 Å². The summed E-state index contributed by atoms with van der Waals surface area (Å²) in [6, 6.07) is 20.4. The van der Waals surface area contributed by atoms with Crippen molar-refractivity contribution in [2.75, 3.05) is 26.2 Å². The lowest BCUT2D eigenvalue weighted by Crippen LogP contribution is -2.49. The first-order chi connectivity index (χ1) is 14.1. The van der Waals surface area contributed by atoms with Crippen LogP contribution in [0.3, 0.4) is 0 Å². The average Bonchev–Trinajstić information content (AvgIpc) is 2.76. The molecule has 0 bridgehead atoms. The molecule has 0 saturated carbocycles. The molecule has 1 fully saturated rings. The highest BCUT2D eigenvalue weighted by Crippen LogP contribution is 2.22. The Hall–Kier alpha value is -2.17. The van der Waals surface area contributed by atoms with Gasteiger partial charge in [0.2, 0.25) is 5.91 Å². The number of likely N-dealkylation sites (tertiary alicyclic amines) is 1. The van der Waals surface area contributed by atoms with Crippen molar-refractivity contribution in [1.82, 2.24) is 10.2 Å². The van der Waals surface area contributed by atoms with E-state index in [0.717, 1.165) is 30.9 Å². The fourth-order valence-corrected chi connectivity index (χ4v) is 4.12. The zero-order valence-electron chi connectivity index (χ0n) is 17.6. The Kier molecular flexibility index (Phi) is 7.84. The Bertz CT molecular complexity index is 737. The molecular formula is C25H35N3O. The van der Waals surface area contributed by atoms with Gasteiger partial charge >= 0.3 is 0 Å². The Balaban J connectivity index is 1.29. The lowest BCUT2D eigenvalue weighted by atomic mass is 9.90. The predicted octanol–water partition coefficient (Wildman–Crippen LogP) is 3.71. The third kappa shape index (κ3) is 6.41. The molecule has 3 rings (SSSR count). The molecule has 1 atom stereocenters. The molecule has 2 aromatic carbocycles. The van der Waals surface area contributed by atoms with Gasteiger partial charge in [-0.3, -0.25) is 4.79 Å². The van der Waals surface area contributed by atoms with Gasteiger partial charge in [0.25, 0.3) is 0 Å². The number of hydrogen-bond donors (Lipinski definition) is 2. The second-order valence-corrected chi connectivity index (χ2v) is 8.51. The number of benzene rings is 2. The van der Waals surface area contributed by atoms with Gasteiger partial charge in [-0.05, 0) is 75.7 Å². The number of unbranched alkanes of at least 4 members (excludes halogenated alkanes) is 1. The van der Waals surface area contributed by atoms with E-state index in [0.29, 0.717) is 6.54 Å². The first-order valence-corrected chi connectivity index (χ1v) is 10.9. The molecule has 0 spiro atoms. The Morgan fingerprint density at radius 1 is 1.03 bits per heavy atom. The second-order valence-electron chi connectivity index (χ2n) is 8.51. The standard InChI is InChI=1S/C25H35N3O/c1-25(26,23-12-6-3-7-13-23)24(29)27-16-8-9-17-28-18-14-22(15-19-28)20-21-10-4-2-5-11-21/h2-7,10-13,22H,8-9,14-20,26H2,1H3,(H,27,29). The van der Waals surface area contributed by atoms with Crippen LogP contribution in [0.5, 0.6) is 0 Å². The van der Waals surface area contributed by atoms with Crippen molar-refractivity contribution < 1.29 is 4.79 Å². The fourth-order valence-electron chi connectivity index (χ4n) is 4.12. The molecule has 156 valence electrons. The average molecular weight is 394 g/mol. The minimum Gasteiger partial charge on any atom is -0.354 e. The first-order valence-electron chi connectivity index (χ1n) is 10.9. The van der Waals surface area contributed by atoms with E-state index in [9.17, 15) is 4.79 Å². The van der Waals surface area contributed by atoms with Gasteiger partial charge in [-0.2, -0.15) is 0 Å². The van der Waals surface area contributed by atoms with Crippen LogP contribution in [0.2, 0.25) is 0 Å². The summed E-state index contributed by atoms with van der Waals surface area (Å²) >= 11 is 0. The summed E-state index contributed by atoms with van der Waals surface area (Å²) < 4.78 is 0. The molecule has 0 radical (unpaired) electrons. The number of hydrogen-bond acceptors (Lipinski definition) is 3. The van der Waals surface area contributed by atoms with Crippen LogP contribution in [0.1, 0.15) is 43.7 Å². The normalized spacial score (nSPS) is 17.6. The lowest BCUT2D eigenvalue weighted by Gasteiger charge is -2.32. The largest absolute Gasteiger partial charge is 0.354 e. The van der Waals surface area contributed by atoms with Crippen molar-refractivity contribution in [1.29, 1.82) is 0 Å². The van der Waals surface area contributed by atoms with E-state index >= 15 is 0 Å². The summed E-state index contributed by atoms with van der Waals surface area (Å²) in [7, 11) is 0. The number of nitrogens with two attached hydrogens (primary N) is 1. The maximum Gasteiger partial charge on any atom is 0.244 e. The third-order valence-electron chi connectivity index (χ3n) is 6.11. The SMILES string of the molecule is CC(N)(C(=O)NCCCCN1CCC(Cc2ccccc2)CC1)c1ccccc1. The Morgan fingerprint density at radius 3 is 2.31 bits per heavy atom. The Labute approximate surface area is 175 Å². The maximum atomic E-state index is 12.5. The van der Waals surface area contributed by atoms with E-state index in [1.807, 2.05) is 30.3 Å². The summed E-state index contributed by atoms with van der Waals surface area (Å²) in [5, 5.41) is 3.01. The predicted molar refractivity (Wildman–Crippen MR) is 120 cm³/mol. The number of rotatable bonds is 9. The van der Waals surface area contributed by atoms with Crippen molar-refractivity contribution in [2.24, 2.45) is 11.7 Å². The van der Waals surface area contributed by atoms with Crippen molar-refractivity contribution >= 4 is 5.91 Å². The van der Waals surface area contributed by atoms with Crippen LogP contribution in [-0.2, 0) is 16.8 Å². The fraction of sp³-hybridized carbons (Fsp3) is 0.480. The number of amides is 1. The molecular weight excluding hydrogens is 358 g/mol. The molecule has 3 N–H and O–H groups in total. The van der Waals surface area contributed by atoms with Crippen molar-refractivity contribution in [3.8, 4) is 0 Å². The van der Waals surface area contributed by atoms with Crippen LogP contribution in [0, 0.1) is 5.92 Å². The number of nitrogens with one attached hydrogen (secondary N) is 1. The molecule has 0 aromatic heterocycles. The van der Waals surface area contributed by atoms with Gasteiger partial charge in [0.1, 0.15) is 5.54 Å².